The first-order chi connectivity index (χ1) is 16.9. The third-order valence-corrected chi connectivity index (χ3v) is 6.76. The summed E-state index contributed by atoms with van der Waals surface area (Å²) in [5.41, 5.74) is 4.21. The van der Waals surface area contributed by atoms with Crippen molar-refractivity contribution >= 4 is 40.0 Å². The topological polar surface area (TPSA) is 81.3 Å². The molecule has 2 aromatic heterocycles. The molecule has 0 spiro atoms. The number of carbonyl (C=O) groups is 1. The molecule has 0 bridgehead atoms. The second kappa shape index (κ2) is 9.38. The number of nitrogens with one attached hydrogen (secondary N) is 1. The number of fused-ring (bicyclic) bond motifs is 3. The molecule has 0 aliphatic carbocycles. The van der Waals surface area contributed by atoms with Crippen LogP contribution in [0, 0.1) is 6.92 Å². The molecule has 0 aliphatic rings. The van der Waals surface area contributed by atoms with Crippen molar-refractivity contribution in [2.75, 3.05) is 11.1 Å². The van der Waals surface area contributed by atoms with Gasteiger partial charge >= 0.3 is 0 Å². The lowest BCUT2D eigenvalue weighted by Gasteiger charge is -2.16. The van der Waals surface area contributed by atoms with E-state index in [-0.39, 0.29) is 23.1 Å². The van der Waals surface area contributed by atoms with Crippen molar-refractivity contribution in [1.29, 1.82) is 0 Å². The van der Waals surface area contributed by atoms with E-state index in [0.717, 1.165) is 22.5 Å². The number of amides is 1. The summed E-state index contributed by atoms with van der Waals surface area (Å²) in [5.74, 6) is 0.653. The van der Waals surface area contributed by atoms with Crippen LogP contribution in [-0.2, 0) is 4.79 Å². The highest BCUT2D eigenvalue weighted by Crippen LogP contribution is 2.27. The minimum atomic E-state index is -0.151. The minimum Gasteiger partial charge on any atom is -0.325 e. The summed E-state index contributed by atoms with van der Waals surface area (Å²) in [6.07, 6.45) is 0. The number of hydrogen-bond acceptors (Lipinski definition) is 5. The number of nitrogens with zero attached hydrogens (tertiary/aromatic N) is 4. The van der Waals surface area contributed by atoms with Gasteiger partial charge in [0.05, 0.1) is 22.3 Å². The van der Waals surface area contributed by atoms with Gasteiger partial charge in [-0.15, -0.1) is 10.2 Å². The fourth-order valence-corrected chi connectivity index (χ4v) is 4.96. The molecule has 0 radical (unpaired) electrons. The van der Waals surface area contributed by atoms with Crippen LogP contribution >= 0.6 is 11.8 Å². The number of thioether (sulfide) groups is 1. The van der Waals surface area contributed by atoms with E-state index in [4.69, 9.17) is 0 Å². The molecule has 2 heterocycles. The average Bonchev–Trinajstić information content (AvgIpc) is 3.27. The maximum atomic E-state index is 13.6. The first-order valence-corrected chi connectivity index (χ1v) is 12.4. The highest BCUT2D eigenvalue weighted by molar-refractivity contribution is 7.99. The fourth-order valence-electron chi connectivity index (χ4n) is 4.22. The Morgan fingerprint density at radius 3 is 2.57 bits per heavy atom. The molecule has 0 fully saturated rings. The Labute approximate surface area is 206 Å². The molecule has 0 aliphatic heterocycles. The Bertz CT molecular complexity index is 1620. The Morgan fingerprint density at radius 2 is 1.77 bits per heavy atom. The second-order valence-corrected chi connectivity index (χ2v) is 9.64. The van der Waals surface area contributed by atoms with E-state index in [1.165, 1.54) is 11.8 Å². The predicted molar refractivity (Wildman–Crippen MR) is 141 cm³/mol. The van der Waals surface area contributed by atoms with Crippen LogP contribution < -0.4 is 10.9 Å². The number of carbonyl (C=O) groups excluding carboxylic acids is 1. The third kappa shape index (κ3) is 4.33. The van der Waals surface area contributed by atoms with Crippen molar-refractivity contribution < 1.29 is 4.79 Å². The van der Waals surface area contributed by atoms with Crippen molar-refractivity contribution in [1.82, 2.24) is 19.2 Å². The van der Waals surface area contributed by atoms with Gasteiger partial charge in [0.25, 0.3) is 5.56 Å². The maximum absolute atomic E-state index is 13.6. The van der Waals surface area contributed by atoms with Crippen molar-refractivity contribution in [3.05, 3.63) is 94.3 Å². The predicted octanol–water partition coefficient (Wildman–Crippen LogP) is 5.20. The van der Waals surface area contributed by atoms with Crippen LogP contribution in [0.25, 0.3) is 22.4 Å². The summed E-state index contributed by atoms with van der Waals surface area (Å²) in [7, 11) is 0. The standard InChI is InChI=1S/C27H25N5O2S/c1-17(2)20-11-4-6-13-22(20)31-25(34)21-12-5-7-14-23(21)32-26(31)29-30-27(32)35-16-24(33)28-19-10-8-9-18(3)15-19/h4-15,17H,16H2,1-3H3,(H,28,33). The number of anilines is 1. The van der Waals surface area contributed by atoms with Gasteiger partial charge in [-0.25, -0.2) is 4.57 Å². The van der Waals surface area contributed by atoms with Crippen LogP contribution in [0.2, 0.25) is 0 Å². The van der Waals surface area contributed by atoms with Crippen LogP contribution in [0.4, 0.5) is 5.69 Å². The van der Waals surface area contributed by atoms with E-state index < -0.39 is 0 Å². The smallest absolute Gasteiger partial charge is 0.267 e. The van der Waals surface area contributed by atoms with Crippen LogP contribution in [-0.4, -0.2) is 30.8 Å². The molecule has 1 amide bonds. The summed E-state index contributed by atoms with van der Waals surface area (Å²) < 4.78 is 3.49. The van der Waals surface area contributed by atoms with Crippen molar-refractivity contribution in [3.63, 3.8) is 0 Å². The molecule has 0 unspecified atom stereocenters. The van der Waals surface area contributed by atoms with Gasteiger partial charge in [-0.1, -0.05) is 68.1 Å². The molecule has 35 heavy (non-hydrogen) atoms. The molecule has 5 aromatic rings. The molecule has 1 N–H and O–H groups in total. The SMILES string of the molecule is Cc1cccc(NC(=O)CSc2nnc3n(-c4ccccc4C(C)C)c(=O)c4ccccc4n23)c1. The van der Waals surface area contributed by atoms with Crippen LogP contribution in [0.15, 0.2) is 82.7 Å². The second-order valence-electron chi connectivity index (χ2n) is 8.70. The van der Waals surface area contributed by atoms with Crippen molar-refractivity contribution in [2.45, 2.75) is 31.8 Å². The number of aromatic nitrogens is 4. The summed E-state index contributed by atoms with van der Waals surface area (Å²) in [5, 5.41) is 12.8. The first kappa shape index (κ1) is 22.9. The van der Waals surface area contributed by atoms with Crippen LogP contribution in [0.1, 0.15) is 30.9 Å². The lowest BCUT2D eigenvalue weighted by Crippen LogP contribution is -2.23. The number of para-hydroxylation sites is 2. The van der Waals surface area contributed by atoms with Gasteiger partial charge in [0.1, 0.15) is 0 Å². The minimum absolute atomic E-state index is 0.139. The number of rotatable bonds is 6. The van der Waals surface area contributed by atoms with E-state index in [0.29, 0.717) is 21.8 Å². The average molecular weight is 484 g/mol. The molecule has 3 aromatic carbocycles. The Kier molecular flexibility index (Phi) is 6.13. The Hall–Kier alpha value is -3.91. The lowest BCUT2D eigenvalue weighted by molar-refractivity contribution is -0.113. The Morgan fingerprint density at radius 1 is 1.00 bits per heavy atom. The van der Waals surface area contributed by atoms with Crippen molar-refractivity contribution in [2.24, 2.45) is 0 Å². The quantitative estimate of drug-likeness (QED) is 0.336. The zero-order valence-electron chi connectivity index (χ0n) is 19.7. The van der Waals surface area contributed by atoms with Crippen LogP contribution in [0.5, 0.6) is 0 Å². The number of aryl methyl sites for hydroxylation is 1. The zero-order valence-corrected chi connectivity index (χ0v) is 20.5. The molecule has 176 valence electrons. The van der Waals surface area contributed by atoms with Gasteiger partial charge in [0, 0.05) is 5.69 Å². The van der Waals surface area contributed by atoms with Gasteiger partial charge in [-0.2, -0.15) is 0 Å². The summed E-state index contributed by atoms with van der Waals surface area (Å²) >= 11 is 1.29. The third-order valence-electron chi connectivity index (χ3n) is 5.83. The normalized spacial score (nSPS) is 11.4. The van der Waals surface area contributed by atoms with Gasteiger partial charge in [-0.05, 0) is 54.3 Å². The summed E-state index contributed by atoms with van der Waals surface area (Å²) in [4.78, 5) is 26.3. The molecule has 7 nitrogen and oxygen atoms in total. The van der Waals surface area contributed by atoms with E-state index in [1.54, 1.807) is 4.57 Å². The lowest BCUT2D eigenvalue weighted by atomic mass is 10.0. The monoisotopic (exact) mass is 483 g/mol. The van der Waals surface area contributed by atoms with Gasteiger partial charge in [0.2, 0.25) is 11.7 Å². The molecule has 0 atom stereocenters. The molecule has 0 saturated heterocycles. The largest absolute Gasteiger partial charge is 0.325 e. The highest BCUT2D eigenvalue weighted by Gasteiger charge is 2.20. The molecule has 8 heteroatoms. The summed E-state index contributed by atoms with van der Waals surface area (Å²) in [6, 6.07) is 22.9. The molecule has 0 saturated carbocycles. The van der Waals surface area contributed by atoms with Crippen LogP contribution in [0.3, 0.4) is 0 Å². The van der Waals surface area contributed by atoms with Crippen molar-refractivity contribution in [3.8, 4) is 5.69 Å². The molecule has 5 rings (SSSR count). The fraction of sp³-hybridized carbons (Fsp3) is 0.185. The number of benzene rings is 3. The number of hydrogen-bond donors (Lipinski definition) is 1. The highest BCUT2D eigenvalue weighted by atomic mass is 32.2. The van der Waals surface area contributed by atoms with Gasteiger partial charge < -0.3 is 5.32 Å². The Balaban J connectivity index is 1.59. The molecular formula is C27H25N5O2S. The van der Waals surface area contributed by atoms with E-state index in [1.807, 2.05) is 84.1 Å². The van der Waals surface area contributed by atoms with Gasteiger partial charge in [-0.3, -0.25) is 14.0 Å². The summed E-state index contributed by atoms with van der Waals surface area (Å²) in [6.45, 7) is 6.18. The van der Waals surface area contributed by atoms with E-state index in [2.05, 4.69) is 29.4 Å². The maximum Gasteiger partial charge on any atom is 0.267 e. The first-order valence-electron chi connectivity index (χ1n) is 11.4. The zero-order chi connectivity index (χ0) is 24.5. The van der Waals surface area contributed by atoms with E-state index in [9.17, 15) is 9.59 Å². The van der Waals surface area contributed by atoms with E-state index >= 15 is 0 Å². The molecular weight excluding hydrogens is 458 g/mol. The van der Waals surface area contributed by atoms with Gasteiger partial charge in [0.15, 0.2) is 5.16 Å².